The predicted octanol–water partition coefficient (Wildman–Crippen LogP) is 1.88. The number of para-hydroxylation sites is 1. The zero-order valence-corrected chi connectivity index (χ0v) is 16.0. The van der Waals surface area contributed by atoms with E-state index in [1.54, 1.807) is 36.4 Å². The summed E-state index contributed by atoms with van der Waals surface area (Å²) in [6.07, 6.45) is 0. The fraction of sp³-hybridized carbons (Fsp3) is 0.278. The molecule has 2 aromatic carbocycles. The van der Waals surface area contributed by atoms with E-state index in [2.05, 4.69) is 10.6 Å². The van der Waals surface area contributed by atoms with Crippen LogP contribution >= 0.6 is 12.4 Å². The highest BCUT2D eigenvalue weighted by molar-refractivity contribution is 7.92. The van der Waals surface area contributed by atoms with Crippen LogP contribution in [0.25, 0.3) is 0 Å². The average Bonchev–Trinajstić information content (AvgIpc) is 2.60. The van der Waals surface area contributed by atoms with Gasteiger partial charge in [-0.3, -0.25) is 9.10 Å². The standard InChI is InChI=1S/C18H21N3O3S.ClH/c1-21(16-5-3-2-4-6-16)25(23,24)17-9-7-15(8-10-17)18(22)20-13-14-11-19-12-14;/h2-10,14,19H,11-13H2,1H3,(H,20,22);1H. The van der Waals surface area contributed by atoms with Crippen molar-refractivity contribution in [3.63, 3.8) is 0 Å². The van der Waals surface area contributed by atoms with Gasteiger partial charge in [0.05, 0.1) is 10.6 Å². The molecule has 1 aliphatic heterocycles. The molecule has 26 heavy (non-hydrogen) atoms. The van der Waals surface area contributed by atoms with Crippen LogP contribution in [0.1, 0.15) is 10.4 Å². The Morgan fingerprint density at radius 3 is 2.27 bits per heavy atom. The molecule has 0 spiro atoms. The first-order valence-corrected chi connectivity index (χ1v) is 9.55. The summed E-state index contributed by atoms with van der Waals surface area (Å²) in [4.78, 5) is 12.3. The van der Waals surface area contributed by atoms with Gasteiger partial charge in [0.2, 0.25) is 0 Å². The van der Waals surface area contributed by atoms with Crippen molar-refractivity contribution in [2.45, 2.75) is 4.90 Å². The Kier molecular flexibility index (Phi) is 6.63. The number of nitrogens with one attached hydrogen (secondary N) is 2. The van der Waals surface area contributed by atoms with Crippen LogP contribution in [0.2, 0.25) is 0 Å². The molecule has 1 saturated heterocycles. The van der Waals surface area contributed by atoms with E-state index in [4.69, 9.17) is 0 Å². The van der Waals surface area contributed by atoms with Crippen LogP contribution in [-0.2, 0) is 10.0 Å². The second-order valence-electron chi connectivity index (χ2n) is 6.07. The van der Waals surface area contributed by atoms with Gasteiger partial charge in [0.15, 0.2) is 0 Å². The normalized spacial score (nSPS) is 14.0. The highest BCUT2D eigenvalue weighted by Crippen LogP contribution is 2.21. The van der Waals surface area contributed by atoms with Crippen molar-refractivity contribution in [3.05, 3.63) is 60.2 Å². The molecule has 2 aromatic rings. The minimum Gasteiger partial charge on any atom is -0.352 e. The molecule has 1 fully saturated rings. The molecule has 1 amide bonds. The van der Waals surface area contributed by atoms with E-state index in [1.165, 1.54) is 23.5 Å². The molecule has 1 aliphatic rings. The molecular weight excluding hydrogens is 374 g/mol. The Bertz CT molecular complexity index is 838. The molecule has 0 bridgehead atoms. The quantitative estimate of drug-likeness (QED) is 0.782. The maximum atomic E-state index is 12.7. The Balaban J connectivity index is 0.00000243. The third-order valence-electron chi connectivity index (χ3n) is 4.31. The van der Waals surface area contributed by atoms with Crippen LogP contribution in [0, 0.1) is 5.92 Å². The van der Waals surface area contributed by atoms with Crippen molar-refractivity contribution >= 4 is 34.0 Å². The number of hydrogen-bond donors (Lipinski definition) is 2. The van der Waals surface area contributed by atoms with Gasteiger partial charge in [-0.25, -0.2) is 8.42 Å². The molecule has 0 aromatic heterocycles. The number of rotatable bonds is 6. The van der Waals surface area contributed by atoms with Crippen molar-refractivity contribution in [3.8, 4) is 0 Å². The van der Waals surface area contributed by atoms with Crippen LogP contribution in [0.15, 0.2) is 59.5 Å². The number of sulfonamides is 1. The van der Waals surface area contributed by atoms with Crippen molar-refractivity contribution in [1.29, 1.82) is 0 Å². The highest BCUT2D eigenvalue weighted by atomic mass is 35.5. The molecule has 0 atom stereocenters. The number of benzene rings is 2. The Labute approximate surface area is 160 Å². The minimum atomic E-state index is -3.66. The van der Waals surface area contributed by atoms with Gasteiger partial charge >= 0.3 is 0 Å². The molecule has 8 heteroatoms. The number of carbonyl (C=O) groups is 1. The lowest BCUT2D eigenvalue weighted by Crippen LogP contribution is -2.48. The van der Waals surface area contributed by atoms with Crippen molar-refractivity contribution in [2.75, 3.05) is 31.0 Å². The molecule has 0 aliphatic carbocycles. The summed E-state index contributed by atoms with van der Waals surface area (Å²) >= 11 is 0. The molecular formula is C18H22ClN3O3S. The van der Waals surface area contributed by atoms with E-state index in [1.807, 2.05) is 6.07 Å². The maximum Gasteiger partial charge on any atom is 0.264 e. The highest BCUT2D eigenvalue weighted by Gasteiger charge is 2.22. The first-order valence-electron chi connectivity index (χ1n) is 8.11. The summed E-state index contributed by atoms with van der Waals surface area (Å²) < 4.78 is 26.6. The van der Waals surface area contributed by atoms with Crippen LogP contribution in [0.5, 0.6) is 0 Å². The molecule has 6 nitrogen and oxygen atoms in total. The summed E-state index contributed by atoms with van der Waals surface area (Å²) in [7, 11) is -2.15. The van der Waals surface area contributed by atoms with Crippen LogP contribution in [-0.4, -0.2) is 41.0 Å². The van der Waals surface area contributed by atoms with E-state index in [9.17, 15) is 13.2 Å². The average molecular weight is 396 g/mol. The maximum absolute atomic E-state index is 12.7. The monoisotopic (exact) mass is 395 g/mol. The van der Waals surface area contributed by atoms with E-state index < -0.39 is 10.0 Å². The van der Waals surface area contributed by atoms with E-state index in [0.717, 1.165) is 13.1 Å². The molecule has 3 rings (SSSR count). The molecule has 1 heterocycles. The van der Waals surface area contributed by atoms with E-state index >= 15 is 0 Å². The van der Waals surface area contributed by atoms with Gasteiger partial charge in [0, 0.05) is 38.2 Å². The Morgan fingerprint density at radius 2 is 1.73 bits per heavy atom. The molecule has 0 unspecified atom stereocenters. The van der Waals surface area contributed by atoms with Gasteiger partial charge in [-0.15, -0.1) is 12.4 Å². The topological polar surface area (TPSA) is 78.5 Å². The smallest absolute Gasteiger partial charge is 0.264 e. The summed E-state index contributed by atoms with van der Waals surface area (Å²) in [5, 5.41) is 6.02. The van der Waals surface area contributed by atoms with Gasteiger partial charge < -0.3 is 10.6 Å². The lowest BCUT2D eigenvalue weighted by Gasteiger charge is -2.27. The second kappa shape index (κ2) is 8.53. The summed E-state index contributed by atoms with van der Waals surface area (Å²) in [6.45, 7) is 2.47. The van der Waals surface area contributed by atoms with E-state index in [0.29, 0.717) is 23.7 Å². The van der Waals surface area contributed by atoms with E-state index in [-0.39, 0.29) is 23.2 Å². The lowest BCUT2D eigenvalue weighted by atomic mass is 10.0. The van der Waals surface area contributed by atoms with Crippen molar-refractivity contribution in [1.82, 2.24) is 10.6 Å². The molecule has 0 saturated carbocycles. The number of anilines is 1. The third kappa shape index (κ3) is 4.35. The number of hydrogen-bond acceptors (Lipinski definition) is 4. The zero-order valence-electron chi connectivity index (χ0n) is 14.4. The summed E-state index contributed by atoms with van der Waals surface area (Å²) in [5.74, 6) is 0.287. The SMILES string of the molecule is CN(c1ccccc1)S(=O)(=O)c1ccc(C(=O)NCC2CNC2)cc1.Cl. The second-order valence-corrected chi connectivity index (χ2v) is 8.04. The number of nitrogens with zero attached hydrogens (tertiary/aromatic N) is 1. The van der Waals surface area contributed by atoms with Gasteiger partial charge in [0.1, 0.15) is 0 Å². The van der Waals surface area contributed by atoms with Gasteiger partial charge in [-0.05, 0) is 36.4 Å². The number of halogens is 1. The van der Waals surface area contributed by atoms with Crippen LogP contribution in [0.4, 0.5) is 5.69 Å². The molecule has 2 N–H and O–H groups in total. The Hall–Kier alpha value is -2.09. The van der Waals surface area contributed by atoms with Crippen LogP contribution in [0.3, 0.4) is 0 Å². The van der Waals surface area contributed by atoms with Crippen molar-refractivity contribution < 1.29 is 13.2 Å². The van der Waals surface area contributed by atoms with Gasteiger partial charge in [-0.2, -0.15) is 0 Å². The minimum absolute atomic E-state index is 0. The zero-order chi connectivity index (χ0) is 17.9. The largest absolute Gasteiger partial charge is 0.352 e. The predicted molar refractivity (Wildman–Crippen MR) is 104 cm³/mol. The fourth-order valence-electron chi connectivity index (χ4n) is 2.54. The number of carbonyl (C=O) groups excluding carboxylic acids is 1. The van der Waals surface area contributed by atoms with Crippen LogP contribution < -0.4 is 14.9 Å². The first kappa shape index (κ1) is 20.2. The molecule has 140 valence electrons. The van der Waals surface area contributed by atoms with Crippen molar-refractivity contribution in [2.24, 2.45) is 5.92 Å². The fourth-order valence-corrected chi connectivity index (χ4v) is 3.74. The Morgan fingerprint density at radius 1 is 1.12 bits per heavy atom. The summed E-state index contributed by atoms with van der Waals surface area (Å²) in [6, 6.07) is 14.9. The lowest BCUT2D eigenvalue weighted by molar-refractivity contribution is 0.0942. The third-order valence-corrected chi connectivity index (χ3v) is 6.11. The first-order chi connectivity index (χ1) is 12.0. The number of amides is 1. The van der Waals surface area contributed by atoms with Gasteiger partial charge in [0.25, 0.3) is 15.9 Å². The summed E-state index contributed by atoms with van der Waals surface area (Å²) in [5.41, 5.74) is 1.03. The molecule has 0 radical (unpaired) electrons. The van der Waals surface area contributed by atoms with Gasteiger partial charge in [-0.1, -0.05) is 18.2 Å².